The van der Waals surface area contributed by atoms with Crippen LogP contribution in [0, 0.1) is 11.3 Å². The van der Waals surface area contributed by atoms with Gasteiger partial charge in [-0.1, -0.05) is 19.1 Å². The first kappa shape index (κ1) is 42.2. The van der Waals surface area contributed by atoms with E-state index < -0.39 is 34.8 Å². The molecule has 3 aromatic rings. The molecule has 2 atom stereocenters. The van der Waals surface area contributed by atoms with E-state index in [2.05, 4.69) is 39.6 Å². The second-order valence-corrected chi connectivity index (χ2v) is 15.8. The normalized spacial score (nSPS) is 20.2. The second kappa shape index (κ2) is 17.2. The molecule has 4 amide bonds. The Kier molecular flexibility index (Phi) is 12.6. The maximum atomic E-state index is 13.8. The predicted octanol–water partition coefficient (Wildman–Crippen LogP) is 5.85. The molecule has 3 saturated heterocycles. The van der Waals surface area contributed by atoms with Gasteiger partial charge >= 0.3 is 6.18 Å². The van der Waals surface area contributed by atoms with Crippen molar-refractivity contribution in [2.75, 3.05) is 53.2 Å². The number of piperidine rings is 1. The highest BCUT2D eigenvalue weighted by Crippen LogP contribution is 2.40. The van der Waals surface area contributed by atoms with Crippen LogP contribution in [-0.2, 0) is 38.2 Å². The SMILES string of the molecule is CCc1cc(N2C(=S)N(c3ccc(C#N)c(C(F)(F)F)c3)C(=O)C2(C)C)ccc1CCCN1CCN(CC(=O)Nc2cccc(NC3CCC(=O)NC3=O)c2)C(C)C1. The van der Waals surface area contributed by atoms with Gasteiger partial charge in [0.2, 0.25) is 17.7 Å². The van der Waals surface area contributed by atoms with Crippen LogP contribution in [0.15, 0.2) is 60.7 Å². The molecule has 2 unspecified atom stereocenters. The largest absolute Gasteiger partial charge is 0.417 e. The fourth-order valence-electron chi connectivity index (χ4n) is 7.89. The summed E-state index contributed by atoms with van der Waals surface area (Å²) in [5.41, 5.74) is 1.31. The van der Waals surface area contributed by atoms with Crippen LogP contribution >= 0.6 is 12.2 Å². The van der Waals surface area contributed by atoms with E-state index in [1.807, 2.05) is 24.3 Å². The number of hydrogen-bond donors (Lipinski definition) is 3. The zero-order valence-electron chi connectivity index (χ0n) is 32.9. The number of nitriles is 1. The maximum absolute atomic E-state index is 13.8. The van der Waals surface area contributed by atoms with Crippen molar-refractivity contribution in [3.8, 4) is 6.07 Å². The minimum absolute atomic E-state index is 0.0495. The first-order valence-corrected chi connectivity index (χ1v) is 19.8. The van der Waals surface area contributed by atoms with Crippen LogP contribution in [0.1, 0.15) is 69.2 Å². The third-order valence-corrected chi connectivity index (χ3v) is 11.4. The van der Waals surface area contributed by atoms with Gasteiger partial charge in [-0.25, -0.2) is 0 Å². The van der Waals surface area contributed by atoms with E-state index in [9.17, 15) is 37.6 Å². The van der Waals surface area contributed by atoms with Gasteiger partial charge in [-0.2, -0.15) is 18.4 Å². The molecule has 0 aromatic heterocycles. The highest BCUT2D eigenvalue weighted by atomic mass is 32.1. The Bertz CT molecular complexity index is 2150. The maximum Gasteiger partial charge on any atom is 0.417 e. The Labute approximate surface area is 341 Å². The number of amides is 4. The van der Waals surface area contributed by atoms with Gasteiger partial charge in [-0.3, -0.25) is 34.3 Å². The Morgan fingerprint density at radius 3 is 2.45 bits per heavy atom. The van der Waals surface area contributed by atoms with Gasteiger partial charge in [0.05, 0.1) is 29.4 Å². The number of halogens is 3. The number of rotatable bonds is 12. The molecule has 0 spiro atoms. The number of hydrogen-bond acceptors (Lipinski definition) is 9. The molecule has 3 fully saturated rings. The lowest BCUT2D eigenvalue weighted by atomic mass is 9.97. The molecule has 0 saturated carbocycles. The molecule has 306 valence electrons. The molecule has 16 heteroatoms. The summed E-state index contributed by atoms with van der Waals surface area (Å²) in [7, 11) is 0. The van der Waals surface area contributed by atoms with E-state index in [0.717, 1.165) is 68.0 Å². The fraction of sp³-hybridized carbons (Fsp3) is 0.429. The summed E-state index contributed by atoms with van der Waals surface area (Å²) >= 11 is 5.74. The van der Waals surface area contributed by atoms with Crippen molar-refractivity contribution in [1.82, 2.24) is 15.1 Å². The molecule has 3 aromatic carbocycles. The summed E-state index contributed by atoms with van der Waals surface area (Å²) in [6.45, 7) is 11.0. The second-order valence-electron chi connectivity index (χ2n) is 15.5. The molecule has 6 rings (SSSR count). The highest BCUT2D eigenvalue weighted by Gasteiger charge is 2.51. The number of nitrogens with one attached hydrogen (secondary N) is 3. The molecule has 3 aliphatic heterocycles. The summed E-state index contributed by atoms with van der Waals surface area (Å²) in [6.07, 6.45) is -1.65. The summed E-state index contributed by atoms with van der Waals surface area (Å²) in [5.74, 6) is -1.24. The number of piperazine rings is 1. The first-order valence-electron chi connectivity index (χ1n) is 19.4. The summed E-state index contributed by atoms with van der Waals surface area (Å²) in [4.78, 5) is 57.7. The molecule has 0 bridgehead atoms. The summed E-state index contributed by atoms with van der Waals surface area (Å²) in [5, 5.41) is 17.7. The van der Waals surface area contributed by atoms with Crippen LogP contribution in [0.3, 0.4) is 0 Å². The molecular formula is C42H47F3N8O4S. The van der Waals surface area contributed by atoms with Gasteiger partial charge < -0.3 is 20.4 Å². The molecule has 12 nitrogen and oxygen atoms in total. The van der Waals surface area contributed by atoms with Crippen LogP contribution < -0.4 is 25.8 Å². The zero-order chi connectivity index (χ0) is 41.9. The highest BCUT2D eigenvalue weighted by molar-refractivity contribution is 7.81. The van der Waals surface area contributed by atoms with Crippen molar-refractivity contribution in [2.45, 2.75) is 83.6 Å². The average molecular weight is 817 g/mol. The molecule has 3 N–H and O–H groups in total. The van der Waals surface area contributed by atoms with Crippen molar-refractivity contribution < 1.29 is 32.3 Å². The number of nitrogens with zero attached hydrogens (tertiary/aromatic N) is 5. The minimum atomic E-state index is -4.78. The fourth-order valence-corrected chi connectivity index (χ4v) is 8.41. The van der Waals surface area contributed by atoms with Gasteiger partial charge in [0.25, 0.3) is 5.91 Å². The van der Waals surface area contributed by atoms with E-state index in [1.165, 1.54) is 11.6 Å². The van der Waals surface area contributed by atoms with Crippen LogP contribution in [0.5, 0.6) is 0 Å². The van der Waals surface area contributed by atoms with Gasteiger partial charge in [-0.05, 0) is 125 Å². The number of anilines is 4. The lowest BCUT2D eigenvalue weighted by molar-refractivity contribution is -0.138. The lowest BCUT2D eigenvalue weighted by Crippen LogP contribution is -2.53. The van der Waals surface area contributed by atoms with E-state index >= 15 is 0 Å². The first-order chi connectivity index (χ1) is 27.5. The summed E-state index contributed by atoms with van der Waals surface area (Å²) in [6, 6.07) is 17.5. The molecular weight excluding hydrogens is 770 g/mol. The van der Waals surface area contributed by atoms with Crippen LogP contribution in [0.4, 0.5) is 35.9 Å². The van der Waals surface area contributed by atoms with Gasteiger partial charge in [0, 0.05) is 49.2 Å². The molecule has 0 radical (unpaired) electrons. The molecule has 58 heavy (non-hydrogen) atoms. The number of alkyl halides is 3. The topological polar surface area (TPSA) is 141 Å². The average Bonchev–Trinajstić information content (AvgIpc) is 3.35. The van der Waals surface area contributed by atoms with Gasteiger partial charge in [0.1, 0.15) is 11.6 Å². The van der Waals surface area contributed by atoms with E-state index in [-0.39, 0.29) is 47.5 Å². The van der Waals surface area contributed by atoms with Crippen LogP contribution in [-0.4, -0.2) is 88.9 Å². The third-order valence-electron chi connectivity index (χ3n) is 11.0. The van der Waals surface area contributed by atoms with Crippen LogP contribution in [0.2, 0.25) is 0 Å². The van der Waals surface area contributed by atoms with E-state index in [0.29, 0.717) is 23.5 Å². The number of imide groups is 1. The number of benzene rings is 3. The third kappa shape index (κ3) is 9.17. The smallest absolute Gasteiger partial charge is 0.374 e. The monoisotopic (exact) mass is 816 g/mol. The minimum Gasteiger partial charge on any atom is -0.374 e. The van der Waals surface area contributed by atoms with Crippen molar-refractivity contribution in [3.05, 3.63) is 82.9 Å². The number of aryl methyl sites for hydroxylation is 2. The number of carbonyl (C=O) groups is 4. The van der Waals surface area contributed by atoms with Gasteiger partial charge in [-0.15, -0.1) is 0 Å². The lowest BCUT2D eigenvalue weighted by Gasteiger charge is -2.39. The van der Waals surface area contributed by atoms with E-state index in [1.54, 1.807) is 43.0 Å². The predicted molar refractivity (Wildman–Crippen MR) is 219 cm³/mol. The number of thiocarbonyl (C=S) groups is 1. The van der Waals surface area contributed by atoms with E-state index in [4.69, 9.17) is 12.2 Å². The Morgan fingerprint density at radius 1 is 1.02 bits per heavy atom. The van der Waals surface area contributed by atoms with Crippen molar-refractivity contribution in [1.29, 1.82) is 5.26 Å². The van der Waals surface area contributed by atoms with Gasteiger partial charge in [0.15, 0.2) is 5.11 Å². The zero-order valence-corrected chi connectivity index (χ0v) is 33.7. The van der Waals surface area contributed by atoms with Crippen molar-refractivity contribution in [2.24, 2.45) is 0 Å². The van der Waals surface area contributed by atoms with Crippen molar-refractivity contribution in [3.63, 3.8) is 0 Å². The van der Waals surface area contributed by atoms with Crippen LogP contribution in [0.25, 0.3) is 0 Å². The molecule has 3 heterocycles. The Hall–Kier alpha value is -5.37. The quantitative estimate of drug-likeness (QED) is 0.151. The summed E-state index contributed by atoms with van der Waals surface area (Å²) < 4.78 is 41.4. The molecule has 0 aliphatic carbocycles. The van der Waals surface area contributed by atoms with Crippen molar-refractivity contribution >= 4 is 63.7 Å². The standard InChI is InChI=1S/C42H47F3N8O4S/c1-5-27-20-33(53-40(58)52(39(57)41(53,3)4)32-13-12-29(23-46)34(22-32)42(43,44)45)14-11-28(27)8-7-17-50-18-19-51(26(2)24-50)25-37(55)48-31-10-6-9-30(21-31)47-35-15-16-36(54)49-38(35)56/h6,9-14,20-22,26,35,47H,5,7-8,15-19,24-25H2,1-4H3,(H,48,55)(H,49,54,56). The Balaban J connectivity index is 1.01. The molecule has 3 aliphatic rings. The Morgan fingerprint density at radius 2 is 1.76 bits per heavy atom. The number of carbonyl (C=O) groups excluding carboxylic acids is 4.